The molecule has 29 heavy (non-hydrogen) atoms. The highest BCUT2D eigenvalue weighted by molar-refractivity contribution is 6.32. The summed E-state index contributed by atoms with van der Waals surface area (Å²) in [6, 6.07) is 11.8. The molecule has 0 spiro atoms. The minimum Gasteiger partial charge on any atom is -0.453 e. The Balaban J connectivity index is 1.93. The molecule has 0 radical (unpaired) electrons. The van der Waals surface area contributed by atoms with Crippen molar-refractivity contribution in [3.05, 3.63) is 58.9 Å². The van der Waals surface area contributed by atoms with Crippen molar-refractivity contribution in [3.63, 3.8) is 0 Å². The van der Waals surface area contributed by atoms with Crippen LogP contribution in [0.3, 0.4) is 0 Å². The van der Waals surface area contributed by atoms with E-state index in [0.717, 1.165) is 12.8 Å². The maximum Gasteiger partial charge on any atom is 0.218 e. The third-order valence-corrected chi connectivity index (χ3v) is 5.38. The van der Waals surface area contributed by atoms with E-state index in [0.29, 0.717) is 24.5 Å². The highest BCUT2D eigenvalue weighted by atomic mass is 35.5. The number of nitrogens with two attached hydrogens (primary N) is 1. The Bertz CT molecular complexity index is 828. The van der Waals surface area contributed by atoms with Gasteiger partial charge in [-0.15, -0.1) is 0 Å². The van der Waals surface area contributed by atoms with Gasteiger partial charge < -0.3 is 20.5 Å². The van der Waals surface area contributed by atoms with Gasteiger partial charge >= 0.3 is 0 Å². The summed E-state index contributed by atoms with van der Waals surface area (Å²) in [5.74, 6) is -0.253. The summed E-state index contributed by atoms with van der Waals surface area (Å²) >= 11 is 6.25. The number of carbonyl (C=O) groups is 1. The second-order valence-corrected chi connectivity index (χ2v) is 7.77. The lowest BCUT2D eigenvalue weighted by molar-refractivity contribution is -0.118. The summed E-state index contributed by atoms with van der Waals surface area (Å²) in [4.78, 5) is 11.3. The third-order valence-electron chi connectivity index (χ3n) is 5.09. The van der Waals surface area contributed by atoms with Gasteiger partial charge in [-0.25, -0.2) is 4.39 Å². The Morgan fingerprint density at radius 1 is 1.28 bits per heavy atom. The largest absolute Gasteiger partial charge is 0.453 e. The van der Waals surface area contributed by atoms with E-state index in [1.807, 2.05) is 25.1 Å². The Morgan fingerprint density at radius 3 is 2.62 bits per heavy atom. The zero-order chi connectivity index (χ0) is 20.8. The lowest BCUT2D eigenvalue weighted by Crippen LogP contribution is -2.39. The average Bonchev–Trinajstić information content (AvgIpc) is 2.71. The zero-order valence-corrected chi connectivity index (χ0v) is 17.1. The molecular formula is C22H26ClFN2O3. The monoisotopic (exact) mass is 420 g/mol. The quantitative estimate of drug-likeness (QED) is 0.654. The number of primary amides is 1. The van der Waals surface area contributed by atoms with Crippen molar-refractivity contribution in [2.45, 2.75) is 38.3 Å². The van der Waals surface area contributed by atoms with E-state index in [9.17, 15) is 4.79 Å². The van der Waals surface area contributed by atoms with Gasteiger partial charge in [-0.05, 0) is 43.9 Å². The van der Waals surface area contributed by atoms with Crippen LogP contribution in [0.25, 0.3) is 0 Å². The van der Waals surface area contributed by atoms with Crippen LogP contribution >= 0.6 is 11.6 Å². The Labute approximate surface area is 175 Å². The van der Waals surface area contributed by atoms with Crippen LogP contribution < -0.4 is 15.8 Å². The fourth-order valence-electron chi connectivity index (χ4n) is 3.68. The predicted octanol–water partition coefficient (Wildman–Crippen LogP) is 4.59. The zero-order valence-electron chi connectivity index (χ0n) is 16.4. The summed E-state index contributed by atoms with van der Waals surface area (Å²) < 4.78 is 26.8. The second-order valence-electron chi connectivity index (χ2n) is 7.36. The SMILES string of the molecule is C[C@@H](CC(N)=O)N[C@H](c1ccc(Cl)c(Oc2ccccc2)c1F)C1CCOCC1. The van der Waals surface area contributed by atoms with Crippen LogP contribution in [0.1, 0.15) is 37.8 Å². The Hall–Kier alpha value is -2.15. The number of benzene rings is 2. The minimum atomic E-state index is -0.503. The maximum atomic E-state index is 15.6. The predicted molar refractivity (Wildman–Crippen MR) is 111 cm³/mol. The smallest absolute Gasteiger partial charge is 0.218 e. The Kier molecular flexibility index (Phi) is 7.47. The van der Waals surface area contributed by atoms with Crippen molar-refractivity contribution in [3.8, 4) is 11.5 Å². The number of rotatable bonds is 8. The highest BCUT2D eigenvalue weighted by Gasteiger charge is 2.30. The molecule has 0 unspecified atom stereocenters. The molecule has 0 saturated carbocycles. The summed E-state index contributed by atoms with van der Waals surface area (Å²) in [7, 11) is 0. The van der Waals surface area contributed by atoms with Gasteiger partial charge in [0.1, 0.15) is 5.75 Å². The van der Waals surface area contributed by atoms with Crippen molar-refractivity contribution in [1.29, 1.82) is 0 Å². The number of hydrogen-bond acceptors (Lipinski definition) is 4. The molecule has 0 bridgehead atoms. The molecule has 156 valence electrons. The molecular weight excluding hydrogens is 395 g/mol. The van der Waals surface area contributed by atoms with Gasteiger partial charge in [-0.1, -0.05) is 35.9 Å². The van der Waals surface area contributed by atoms with Crippen LogP contribution in [-0.2, 0) is 9.53 Å². The van der Waals surface area contributed by atoms with E-state index in [4.69, 9.17) is 26.8 Å². The Morgan fingerprint density at radius 2 is 1.97 bits per heavy atom. The van der Waals surface area contributed by atoms with Crippen molar-refractivity contribution >= 4 is 17.5 Å². The number of ether oxygens (including phenoxy) is 2. The van der Waals surface area contributed by atoms with Gasteiger partial charge in [0.15, 0.2) is 11.6 Å². The van der Waals surface area contributed by atoms with Gasteiger partial charge in [0, 0.05) is 37.3 Å². The number of para-hydroxylation sites is 1. The molecule has 1 heterocycles. The summed E-state index contributed by atoms with van der Waals surface area (Å²) in [5, 5.41) is 3.59. The van der Waals surface area contributed by atoms with Crippen LogP contribution in [0.2, 0.25) is 5.02 Å². The van der Waals surface area contributed by atoms with Crippen LogP contribution in [0, 0.1) is 11.7 Å². The topological polar surface area (TPSA) is 73.6 Å². The van der Waals surface area contributed by atoms with Crippen LogP contribution in [0.5, 0.6) is 11.5 Å². The van der Waals surface area contributed by atoms with E-state index in [1.54, 1.807) is 24.3 Å². The van der Waals surface area contributed by atoms with Crippen molar-refractivity contribution < 1.29 is 18.7 Å². The maximum absolute atomic E-state index is 15.6. The third kappa shape index (κ3) is 5.69. The molecule has 1 fully saturated rings. The fraction of sp³-hybridized carbons (Fsp3) is 0.409. The average molecular weight is 421 g/mol. The standard InChI is InChI=1S/C22H26ClFN2O3/c1-14(13-19(25)27)26-21(15-9-11-28-12-10-15)17-7-8-18(23)22(20(17)24)29-16-5-3-2-4-6-16/h2-8,14-15,21,26H,9-13H2,1H3,(H2,25,27)/t14-,21-/m0/s1. The molecule has 1 aliphatic heterocycles. The molecule has 7 heteroatoms. The van der Waals surface area contributed by atoms with Gasteiger partial charge in [-0.2, -0.15) is 0 Å². The van der Waals surface area contributed by atoms with E-state index in [2.05, 4.69) is 5.32 Å². The summed E-state index contributed by atoms with van der Waals surface area (Å²) in [5.41, 5.74) is 5.80. The van der Waals surface area contributed by atoms with E-state index >= 15 is 4.39 Å². The molecule has 1 aliphatic rings. The number of amides is 1. The van der Waals surface area contributed by atoms with Gasteiger partial charge in [0.05, 0.1) is 5.02 Å². The lowest BCUT2D eigenvalue weighted by atomic mass is 9.86. The molecule has 1 saturated heterocycles. The van der Waals surface area contributed by atoms with Crippen molar-refractivity contribution in [2.24, 2.45) is 11.7 Å². The highest BCUT2D eigenvalue weighted by Crippen LogP contribution is 2.39. The number of hydrogen-bond donors (Lipinski definition) is 2. The molecule has 2 atom stereocenters. The molecule has 5 nitrogen and oxygen atoms in total. The first kappa shape index (κ1) is 21.6. The van der Waals surface area contributed by atoms with Gasteiger partial charge in [0.2, 0.25) is 5.91 Å². The first-order chi connectivity index (χ1) is 14.0. The first-order valence-electron chi connectivity index (χ1n) is 9.78. The van der Waals surface area contributed by atoms with Gasteiger partial charge in [0.25, 0.3) is 0 Å². The molecule has 3 rings (SSSR count). The normalized spacial score (nSPS) is 16.9. The van der Waals surface area contributed by atoms with E-state index in [-0.39, 0.29) is 35.2 Å². The van der Waals surface area contributed by atoms with E-state index in [1.165, 1.54) is 0 Å². The van der Waals surface area contributed by atoms with Crippen LogP contribution in [0.15, 0.2) is 42.5 Å². The molecule has 0 aromatic heterocycles. The number of halogens is 2. The number of carbonyl (C=O) groups excluding carboxylic acids is 1. The minimum absolute atomic E-state index is 0.00298. The van der Waals surface area contributed by atoms with Crippen molar-refractivity contribution in [1.82, 2.24) is 5.32 Å². The second kappa shape index (κ2) is 10.1. The summed E-state index contributed by atoms with van der Waals surface area (Å²) in [6.45, 7) is 3.11. The van der Waals surface area contributed by atoms with Gasteiger partial charge in [-0.3, -0.25) is 4.79 Å². The van der Waals surface area contributed by atoms with E-state index < -0.39 is 11.7 Å². The molecule has 2 aromatic rings. The van der Waals surface area contributed by atoms with Crippen molar-refractivity contribution in [2.75, 3.05) is 13.2 Å². The lowest BCUT2D eigenvalue weighted by Gasteiger charge is -2.34. The molecule has 3 N–H and O–H groups in total. The molecule has 0 aliphatic carbocycles. The number of nitrogens with one attached hydrogen (secondary N) is 1. The first-order valence-corrected chi connectivity index (χ1v) is 10.2. The molecule has 1 amide bonds. The fourth-order valence-corrected chi connectivity index (χ4v) is 3.87. The summed E-state index contributed by atoms with van der Waals surface area (Å²) in [6.07, 6.45) is 1.75. The van der Waals surface area contributed by atoms with Crippen LogP contribution in [-0.4, -0.2) is 25.2 Å². The van der Waals surface area contributed by atoms with Crippen LogP contribution in [0.4, 0.5) is 4.39 Å². The molecule has 2 aromatic carbocycles.